The summed E-state index contributed by atoms with van der Waals surface area (Å²) in [6.45, 7) is 0.444. The molecule has 0 amide bonds. The van der Waals surface area contributed by atoms with Gasteiger partial charge in [0.2, 0.25) is 0 Å². The van der Waals surface area contributed by atoms with Crippen LogP contribution in [0.5, 0.6) is 17.2 Å². The van der Waals surface area contributed by atoms with Gasteiger partial charge in [0.15, 0.2) is 0 Å². The van der Waals surface area contributed by atoms with Gasteiger partial charge in [-0.3, -0.25) is 4.99 Å². The lowest BCUT2D eigenvalue weighted by Crippen LogP contribution is -1.97. The molecule has 0 aliphatic heterocycles. The van der Waals surface area contributed by atoms with Crippen LogP contribution in [-0.2, 0) is 6.61 Å². The summed E-state index contributed by atoms with van der Waals surface area (Å²) in [5.74, 6) is 2.30. The zero-order valence-electron chi connectivity index (χ0n) is 16.8. The molecule has 0 heterocycles. The lowest BCUT2D eigenvalue weighted by atomic mass is 10.2. The number of ether oxygens (including phenoxy) is 2. The number of hydrogen-bond acceptors (Lipinski definition) is 3. The molecule has 0 aliphatic carbocycles. The minimum Gasteiger partial charge on any atom is -0.487 e. The summed E-state index contributed by atoms with van der Waals surface area (Å²) in [4.78, 5) is 4.56. The van der Waals surface area contributed by atoms with E-state index in [1.54, 1.807) is 0 Å². The highest BCUT2D eigenvalue weighted by Gasteiger charge is 2.09. The third-order valence-electron chi connectivity index (χ3n) is 4.50. The first-order chi connectivity index (χ1) is 15.6. The van der Waals surface area contributed by atoms with E-state index >= 15 is 0 Å². The zero-order chi connectivity index (χ0) is 22.3. The number of aliphatic imine (C=N–C) groups is 1. The minimum atomic E-state index is 0.444. The van der Waals surface area contributed by atoms with Crippen molar-refractivity contribution in [2.75, 3.05) is 0 Å². The normalized spacial score (nSPS) is 11.0. The van der Waals surface area contributed by atoms with E-state index in [4.69, 9.17) is 21.1 Å². The Morgan fingerprint density at radius 3 is 2.06 bits per heavy atom. The molecule has 4 rings (SSSR count). The molecule has 0 atom stereocenters. The zero-order valence-corrected chi connectivity index (χ0v) is 20.8. The Morgan fingerprint density at radius 1 is 0.781 bits per heavy atom. The molecular formula is C26H18Br2ClNO2. The van der Waals surface area contributed by atoms with E-state index in [1.807, 2.05) is 97.2 Å². The van der Waals surface area contributed by atoms with Crippen molar-refractivity contribution < 1.29 is 9.47 Å². The van der Waals surface area contributed by atoms with Gasteiger partial charge in [0.05, 0.1) is 14.6 Å². The van der Waals surface area contributed by atoms with Gasteiger partial charge in [0, 0.05) is 11.2 Å². The average Bonchev–Trinajstić information content (AvgIpc) is 2.80. The minimum absolute atomic E-state index is 0.444. The third kappa shape index (κ3) is 6.22. The van der Waals surface area contributed by atoms with Gasteiger partial charge in [-0.25, -0.2) is 0 Å². The maximum Gasteiger partial charge on any atom is 0.148 e. The van der Waals surface area contributed by atoms with Gasteiger partial charge in [-0.2, -0.15) is 0 Å². The summed E-state index contributed by atoms with van der Waals surface area (Å²) in [5, 5.41) is 0.707. The highest BCUT2D eigenvalue weighted by atomic mass is 79.9. The number of benzene rings is 4. The van der Waals surface area contributed by atoms with Crippen LogP contribution in [0.2, 0.25) is 5.02 Å². The smallest absolute Gasteiger partial charge is 0.148 e. The second-order valence-corrected chi connectivity index (χ2v) is 9.04. The van der Waals surface area contributed by atoms with Crippen molar-refractivity contribution in [3.8, 4) is 17.2 Å². The number of hydrogen-bond donors (Lipinski definition) is 0. The summed E-state index contributed by atoms with van der Waals surface area (Å²) < 4.78 is 13.5. The number of nitrogens with zero attached hydrogens (tertiary/aromatic N) is 1. The Morgan fingerprint density at radius 2 is 1.41 bits per heavy atom. The van der Waals surface area contributed by atoms with Gasteiger partial charge in [0.1, 0.15) is 23.9 Å². The highest BCUT2D eigenvalue weighted by molar-refractivity contribution is 9.11. The predicted molar refractivity (Wildman–Crippen MR) is 138 cm³/mol. The van der Waals surface area contributed by atoms with E-state index in [9.17, 15) is 0 Å². The van der Waals surface area contributed by atoms with Gasteiger partial charge >= 0.3 is 0 Å². The highest BCUT2D eigenvalue weighted by Crippen LogP contribution is 2.35. The molecule has 3 nitrogen and oxygen atoms in total. The van der Waals surface area contributed by atoms with Crippen LogP contribution in [0.25, 0.3) is 0 Å². The Labute approximate surface area is 208 Å². The van der Waals surface area contributed by atoms with Crippen LogP contribution >= 0.6 is 43.5 Å². The first kappa shape index (κ1) is 22.6. The summed E-state index contributed by atoms with van der Waals surface area (Å²) in [7, 11) is 0. The van der Waals surface area contributed by atoms with Crippen molar-refractivity contribution in [3.63, 3.8) is 0 Å². The van der Waals surface area contributed by atoms with Crippen LogP contribution in [0.4, 0.5) is 5.69 Å². The molecule has 0 spiro atoms. The second kappa shape index (κ2) is 10.8. The molecule has 0 bridgehead atoms. The molecule has 0 saturated heterocycles. The summed E-state index contributed by atoms with van der Waals surface area (Å²) in [6, 6.07) is 28.9. The van der Waals surface area contributed by atoms with Crippen molar-refractivity contribution in [1.82, 2.24) is 0 Å². The molecule has 0 N–H and O–H groups in total. The van der Waals surface area contributed by atoms with Gasteiger partial charge in [-0.15, -0.1) is 0 Å². The molecule has 0 aliphatic rings. The fourth-order valence-corrected chi connectivity index (χ4v) is 4.48. The van der Waals surface area contributed by atoms with Crippen molar-refractivity contribution in [2.24, 2.45) is 4.99 Å². The fraction of sp³-hybridized carbons (Fsp3) is 0.0385. The van der Waals surface area contributed by atoms with E-state index < -0.39 is 0 Å². The van der Waals surface area contributed by atoms with E-state index in [0.29, 0.717) is 11.6 Å². The van der Waals surface area contributed by atoms with Crippen LogP contribution in [0.3, 0.4) is 0 Å². The number of para-hydroxylation sites is 1. The van der Waals surface area contributed by atoms with E-state index in [-0.39, 0.29) is 0 Å². The SMILES string of the molecule is Clc1ccc(COc2c(Br)cc(C=Nc3ccc(Oc4ccccc4)cc3)cc2Br)cc1. The van der Waals surface area contributed by atoms with Crippen molar-refractivity contribution in [2.45, 2.75) is 6.61 Å². The van der Waals surface area contributed by atoms with E-state index in [1.165, 1.54) is 0 Å². The van der Waals surface area contributed by atoms with Crippen LogP contribution < -0.4 is 9.47 Å². The average molecular weight is 572 g/mol. The monoisotopic (exact) mass is 569 g/mol. The van der Waals surface area contributed by atoms with Gasteiger partial charge in [-0.1, -0.05) is 41.9 Å². The van der Waals surface area contributed by atoms with Crippen LogP contribution in [0.1, 0.15) is 11.1 Å². The van der Waals surface area contributed by atoms with Crippen molar-refractivity contribution in [3.05, 3.63) is 116 Å². The summed E-state index contributed by atoms with van der Waals surface area (Å²) in [6.07, 6.45) is 1.81. The third-order valence-corrected chi connectivity index (χ3v) is 5.93. The maximum absolute atomic E-state index is 5.98. The topological polar surface area (TPSA) is 30.8 Å². The van der Waals surface area contributed by atoms with Gasteiger partial charge < -0.3 is 9.47 Å². The van der Waals surface area contributed by atoms with Crippen LogP contribution in [0.15, 0.2) is 105 Å². The number of halogens is 3. The van der Waals surface area contributed by atoms with E-state index in [2.05, 4.69) is 36.9 Å². The van der Waals surface area contributed by atoms with Crippen LogP contribution in [0, 0.1) is 0 Å². The van der Waals surface area contributed by atoms with Crippen LogP contribution in [-0.4, -0.2) is 6.21 Å². The van der Waals surface area contributed by atoms with Gasteiger partial charge in [0.25, 0.3) is 0 Å². The summed E-state index contributed by atoms with van der Waals surface area (Å²) >= 11 is 13.1. The van der Waals surface area contributed by atoms with Crippen molar-refractivity contribution >= 4 is 55.4 Å². The standard InChI is InChI=1S/C26H18Br2ClNO2/c27-24-14-19(15-25(28)26(24)31-17-18-6-8-20(29)9-7-18)16-30-21-10-12-23(13-11-21)32-22-4-2-1-3-5-22/h1-16H,17H2. The maximum atomic E-state index is 5.98. The van der Waals surface area contributed by atoms with Gasteiger partial charge in [-0.05, 0) is 104 Å². The van der Waals surface area contributed by atoms with E-state index in [0.717, 1.165) is 43.0 Å². The molecular weight excluding hydrogens is 554 g/mol. The Kier molecular flexibility index (Phi) is 7.63. The molecule has 4 aromatic rings. The Bertz CT molecular complexity index is 1190. The largest absolute Gasteiger partial charge is 0.487 e. The second-order valence-electron chi connectivity index (χ2n) is 6.90. The molecule has 32 heavy (non-hydrogen) atoms. The molecule has 6 heteroatoms. The molecule has 0 aromatic heterocycles. The first-order valence-corrected chi connectivity index (χ1v) is 11.8. The van der Waals surface area contributed by atoms with Crippen molar-refractivity contribution in [1.29, 1.82) is 0 Å². The molecule has 4 aromatic carbocycles. The lowest BCUT2D eigenvalue weighted by molar-refractivity contribution is 0.302. The lowest BCUT2D eigenvalue weighted by Gasteiger charge is -2.11. The summed E-state index contributed by atoms with van der Waals surface area (Å²) in [5.41, 5.74) is 2.81. The molecule has 0 fully saturated rings. The quantitative estimate of drug-likeness (QED) is 0.207. The molecule has 0 radical (unpaired) electrons. The first-order valence-electron chi connectivity index (χ1n) is 9.80. The Hall–Kier alpha value is -2.60. The fourth-order valence-electron chi connectivity index (χ4n) is 2.90. The Balaban J connectivity index is 1.41. The number of rotatable bonds is 7. The molecule has 160 valence electrons. The predicted octanol–water partition coefficient (Wildman–Crippen LogP) is 8.99. The molecule has 0 unspecified atom stereocenters. The molecule has 0 saturated carbocycles.